The molecular weight excluding hydrogens is 132 g/mol. The predicted molar refractivity (Wildman–Crippen MR) is 50.6 cm³/mol. The van der Waals surface area contributed by atoms with Gasteiger partial charge in [-0.05, 0) is 38.0 Å². The Kier molecular flexibility index (Phi) is 3.68. The van der Waals surface area contributed by atoms with E-state index >= 15 is 0 Å². The van der Waals surface area contributed by atoms with Crippen molar-refractivity contribution in [2.75, 3.05) is 0 Å². The van der Waals surface area contributed by atoms with E-state index in [2.05, 4.69) is 19.9 Å². The van der Waals surface area contributed by atoms with Gasteiger partial charge in [-0.25, -0.2) is 0 Å². The van der Waals surface area contributed by atoms with Crippen LogP contribution in [0, 0.1) is 5.92 Å². The van der Waals surface area contributed by atoms with Crippen LogP contribution in [0.3, 0.4) is 0 Å². The highest BCUT2D eigenvalue weighted by Gasteiger charge is 2.10. The fraction of sp³-hybridized carbons (Fsp3) is 0.818. The Labute approximate surface area is 70.7 Å². The molecule has 0 saturated heterocycles. The minimum Gasteiger partial charge on any atom is -0.0853 e. The summed E-state index contributed by atoms with van der Waals surface area (Å²) in [6.07, 6.45) is 10.7. The molecule has 0 nitrogen and oxygen atoms in total. The molecule has 1 rings (SSSR count). The lowest BCUT2D eigenvalue weighted by Crippen LogP contribution is -2.03. The lowest BCUT2D eigenvalue weighted by Gasteiger charge is -2.19. The maximum Gasteiger partial charge on any atom is -0.0318 e. The van der Waals surface area contributed by atoms with E-state index in [1.807, 2.05) is 0 Å². The summed E-state index contributed by atoms with van der Waals surface area (Å²) in [4.78, 5) is 0. The highest BCUT2D eigenvalue weighted by Crippen LogP contribution is 2.27. The molecule has 0 spiro atoms. The first kappa shape index (κ1) is 8.83. The van der Waals surface area contributed by atoms with Crippen molar-refractivity contribution in [2.24, 2.45) is 5.92 Å². The highest BCUT2D eigenvalue weighted by atomic mass is 14.2. The fourth-order valence-electron chi connectivity index (χ4n) is 1.69. The summed E-state index contributed by atoms with van der Waals surface area (Å²) < 4.78 is 0. The number of unbranched alkanes of at least 4 members (excludes halogenated alkanes) is 1. The van der Waals surface area contributed by atoms with Gasteiger partial charge < -0.3 is 0 Å². The van der Waals surface area contributed by atoms with Gasteiger partial charge in [0.2, 0.25) is 0 Å². The Balaban J connectivity index is 2.26. The largest absolute Gasteiger partial charge is 0.0853 e. The van der Waals surface area contributed by atoms with E-state index in [1.54, 1.807) is 5.57 Å². The van der Waals surface area contributed by atoms with Crippen molar-refractivity contribution in [2.45, 2.75) is 52.4 Å². The minimum absolute atomic E-state index is 0.980. The average molecular weight is 152 g/mol. The Morgan fingerprint density at radius 3 is 2.55 bits per heavy atom. The number of allylic oxidation sites excluding steroid dienone is 2. The lowest BCUT2D eigenvalue weighted by molar-refractivity contribution is 0.443. The summed E-state index contributed by atoms with van der Waals surface area (Å²) in [5, 5.41) is 0. The Morgan fingerprint density at radius 1 is 1.36 bits per heavy atom. The molecule has 0 amide bonds. The molecule has 1 saturated carbocycles. The zero-order valence-corrected chi connectivity index (χ0v) is 7.90. The molecule has 0 heteroatoms. The van der Waals surface area contributed by atoms with Crippen LogP contribution >= 0.6 is 0 Å². The molecule has 64 valence electrons. The van der Waals surface area contributed by atoms with Crippen LogP contribution in [0.2, 0.25) is 0 Å². The lowest BCUT2D eigenvalue weighted by atomic mass is 9.87. The topological polar surface area (TPSA) is 0 Å². The first-order valence-electron chi connectivity index (χ1n) is 5.00. The van der Waals surface area contributed by atoms with Gasteiger partial charge in [0.1, 0.15) is 0 Å². The van der Waals surface area contributed by atoms with E-state index in [0.717, 1.165) is 5.92 Å². The van der Waals surface area contributed by atoms with E-state index in [4.69, 9.17) is 0 Å². The summed E-state index contributed by atoms with van der Waals surface area (Å²) in [6, 6.07) is 0. The van der Waals surface area contributed by atoms with Crippen molar-refractivity contribution in [1.82, 2.24) is 0 Å². The van der Waals surface area contributed by atoms with Crippen LogP contribution in [0.1, 0.15) is 52.4 Å². The van der Waals surface area contributed by atoms with Crippen LogP contribution in [0.5, 0.6) is 0 Å². The molecule has 0 aromatic heterocycles. The predicted octanol–water partition coefficient (Wildman–Crippen LogP) is 3.92. The normalized spacial score (nSPS) is 25.3. The molecule has 0 aliphatic heterocycles. The van der Waals surface area contributed by atoms with Gasteiger partial charge in [-0.3, -0.25) is 0 Å². The molecule has 0 atom stereocenters. The summed E-state index contributed by atoms with van der Waals surface area (Å²) in [7, 11) is 0. The first-order chi connectivity index (χ1) is 5.33. The highest BCUT2D eigenvalue weighted by molar-refractivity contribution is 5.04. The van der Waals surface area contributed by atoms with Gasteiger partial charge in [-0.2, -0.15) is 0 Å². The van der Waals surface area contributed by atoms with Crippen molar-refractivity contribution >= 4 is 0 Å². The molecule has 1 aliphatic carbocycles. The standard InChI is InChI=1S/C11H20/c1-3-4-5-11-8-6-10(2)7-9-11/h5,10H,3-4,6-9H2,1-2H3. The van der Waals surface area contributed by atoms with Crippen molar-refractivity contribution < 1.29 is 0 Å². The molecule has 0 bridgehead atoms. The maximum absolute atomic E-state index is 2.46. The van der Waals surface area contributed by atoms with Crippen LogP contribution < -0.4 is 0 Å². The van der Waals surface area contributed by atoms with Crippen molar-refractivity contribution in [3.05, 3.63) is 11.6 Å². The second-order valence-corrected chi connectivity index (χ2v) is 3.83. The van der Waals surface area contributed by atoms with Gasteiger partial charge >= 0.3 is 0 Å². The summed E-state index contributed by atoms with van der Waals surface area (Å²) in [5.74, 6) is 0.980. The molecule has 0 heterocycles. The average Bonchev–Trinajstić information content (AvgIpc) is 2.04. The third kappa shape index (κ3) is 3.09. The summed E-state index contributed by atoms with van der Waals surface area (Å²) >= 11 is 0. The molecule has 11 heavy (non-hydrogen) atoms. The molecular formula is C11H20. The Hall–Kier alpha value is -0.260. The number of rotatable bonds is 2. The molecule has 1 aliphatic rings. The van der Waals surface area contributed by atoms with Crippen molar-refractivity contribution in [3.8, 4) is 0 Å². The van der Waals surface area contributed by atoms with Crippen LogP contribution in [0.4, 0.5) is 0 Å². The van der Waals surface area contributed by atoms with Gasteiger partial charge in [-0.1, -0.05) is 31.9 Å². The van der Waals surface area contributed by atoms with E-state index in [0.29, 0.717) is 0 Å². The maximum atomic E-state index is 2.46. The Morgan fingerprint density at radius 2 is 2.00 bits per heavy atom. The molecule has 0 N–H and O–H groups in total. The second-order valence-electron chi connectivity index (χ2n) is 3.83. The number of hydrogen-bond acceptors (Lipinski definition) is 0. The molecule has 0 radical (unpaired) electrons. The van der Waals surface area contributed by atoms with Gasteiger partial charge in [0.25, 0.3) is 0 Å². The fourth-order valence-corrected chi connectivity index (χ4v) is 1.69. The van der Waals surface area contributed by atoms with Crippen LogP contribution in [0.15, 0.2) is 11.6 Å². The molecule has 0 aromatic rings. The van der Waals surface area contributed by atoms with E-state index in [9.17, 15) is 0 Å². The smallest absolute Gasteiger partial charge is 0.0318 e. The van der Waals surface area contributed by atoms with Gasteiger partial charge in [0.15, 0.2) is 0 Å². The Bertz CT molecular complexity index is 123. The molecule has 0 unspecified atom stereocenters. The monoisotopic (exact) mass is 152 g/mol. The van der Waals surface area contributed by atoms with Crippen molar-refractivity contribution in [3.63, 3.8) is 0 Å². The second kappa shape index (κ2) is 4.58. The number of hydrogen-bond donors (Lipinski definition) is 0. The zero-order valence-electron chi connectivity index (χ0n) is 7.90. The SMILES string of the molecule is CCCC=C1CCC(C)CC1. The van der Waals surface area contributed by atoms with E-state index in [1.165, 1.54) is 38.5 Å². The minimum atomic E-state index is 0.980. The molecule has 0 aromatic carbocycles. The van der Waals surface area contributed by atoms with Gasteiger partial charge in [0.05, 0.1) is 0 Å². The third-order valence-corrected chi connectivity index (χ3v) is 2.64. The summed E-state index contributed by atoms with van der Waals surface area (Å²) in [5.41, 5.74) is 1.73. The zero-order chi connectivity index (χ0) is 8.10. The van der Waals surface area contributed by atoms with E-state index in [-0.39, 0.29) is 0 Å². The van der Waals surface area contributed by atoms with Crippen LogP contribution in [0.25, 0.3) is 0 Å². The third-order valence-electron chi connectivity index (χ3n) is 2.64. The quantitative estimate of drug-likeness (QED) is 0.526. The summed E-state index contributed by atoms with van der Waals surface area (Å²) in [6.45, 7) is 4.62. The van der Waals surface area contributed by atoms with Gasteiger partial charge in [0, 0.05) is 0 Å². The van der Waals surface area contributed by atoms with E-state index < -0.39 is 0 Å². The van der Waals surface area contributed by atoms with Crippen LogP contribution in [-0.4, -0.2) is 0 Å². The molecule has 1 fully saturated rings. The van der Waals surface area contributed by atoms with Crippen molar-refractivity contribution in [1.29, 1.82) is 0 Å². The first-order valence-corrected chi connectivity index (χ1v) is 5.00. The van der Waals surface area contributed by atoms with Crippen LogP contribution in [-0.2, 0) is 0 Å². The van der Waals surface area contributed by atoms with Gasteiger partial charge in [-0.15, -0.1) is 0 Å².